The van der Waals surface area contributed by atoms with E-state index < -0.39 is 23.9 Å². The number of halogens is 3. The molecule has 0 radical (unpaired) electrons. The number of aromatic amines is 1. The molecule has 31 heavy (non-hydrogen) atoms. The normalized spacial score (nSPS) is 13.7. The van der Waals surface area contributed by atoms with Crippen LogP contribution in [0.1, 0.15) is 20.7 Å². The van der Waals surface area contributed by atoms with Crippen LogP contribution in [-0.4, -0.2) is 38.3 Å². The van der Waals surface area contributed by atoms with E-state index in [1.54, 1.807) is 24.5 Å². The summed E-state index contributed by atoms with van der Waals surface area (Å²) in [6.07, 6.45) is -0.444. The number of hydrogen-bond donors (Lipinski definition) is 1. The van der Waals surface area contributed by atoms with Gasteiger partial charge in [-0.2, -0.15) is 5.10 Å². The van der Waals surface area contributed by atoms with Crippen LogP contribution >= 0.6 is 0 Å². The topological polar surface area (TPSA) is 101 Å². The molecular weight excluding hydrogens is 415 g/mol. The van der Waals surface area contributed by atoms with Crippen LogP contribution < -0.4 is 9.64 Å². The number of imide groups is 1. The van der Waals surface area contributed by atoms with E-state index in [0.29, 0.717) is 16.6 Å². The zero-order chi connectivity index (χ0) is 21.8. The van der Waals surface area contributed by atoms with Crippen molar-refractivity contribution in [1.29, 1.82) is 0 Å². The average molecular weight is 425 g/mol. The van der Waals surface area contributed by atoms with Crippen molar-refractivity contribution in [3.05, 3.63) is 66.1 Å². The number of benzene rings is 1. The maximum atomic E-state index is 13.2. The van der Waals surface area contributed by atoms with Crippen LogP contribution in [0.25, 0.3) is 22.3 Å². The first-order valence-corrected chi connectivity index (χ1v) is 8.85. The van der Waals surface area contributed by atoms with Crippen molar-refractivity contribution in [2.45, 2.75) is 6.36 Å². The van der Waals surface area contributed by atoms with Crippen LogP contribution in [0.4, 0.5) is 18.9 Å². The Morgan fingerprint density at radius 2 is 1.68 bits per heavy atom. The quantitative estimate of drug-likeness (QED) is 0.502. The largest absolute Gasteiger partial charge is 0.573 e. The summed E-state index contributed by atoms with van der Waals surface area (Å²) in [6.45, 7) is 0. The van der Waals surface area contributed by atoms with Crippen molar-refractivity contribution in [2.24, 2.45) is 0 Å². The second-order valence-electron chi connectivity index (χ2n) is 6.57. The number of nitrogens with one attached hydrogen (secondary N) is 1. The predicted molar refractivity (Wildman–Crippen MR) is 101 cm³/mol. The molecule has 4 heterocycles. The number of ether oxygens (including phenoxy) is 1. The van der Waals surface area contributed by atoms with Gasteiger partial charge in [-0.05, 0) is 36.4 Å². The molecule has 0 atom stereocenters. The summed E-state index contributed by atoms with van der Waals surface area (Å²) in [5, 5.41) is 7.32. The highest BCUT2D eigenvalue weighted by atomic mass is 19.4. The lowest BCUT2D eigenvalue weighted by Gasteiger charge is -2.15. The van der Waals surface area contributed by atoms with Crippen LogP contribution in [-0.2, 0) is 0 Å². The molecule has 0 saturated carbocycles. The Labute approximate surface area is 171 Å². The van der Waals surface area contributed by atoms with Crippen LogP contribution in [0.2, 0.25) is 0 Å². The van der Waals surface area contributed by atoms with E-state index in [0.717, 1.165) is 17.0 Å². The first-order chi connectivity index (χ1) is 14.8. The Morgan fingerprint density at radius 3 is 2.35 bits per heavy atom. The predicted octanol–water partition coefficient (Wildman–Crippen LogP) is 3.72. The standard InChI is InChI=1S/C20H10F3N5O3/c21-20(22,23)31-12-3-1-11(2-4-12)28-18(29)13-9-25-17-15(14(13)19(28)30)16(26-27-17)10-5-7-24-8-6-10/h1-9H,(H,25,26,27). The number of carbonyl (C=O) groups excluding carboxylic acids is 2. The summed E-state index contributed by atoms with van der Waals surface area (Å²) < 4.78 is 41.0. The molecule has 0 spiro atoms. The molecule has 0 aliphatic carbocycles. The highest BCUT2D eigenvalue weighted by Gasteiger charge is 2.40. The molecule has 8 nitrogen and oxygen atoms in total. The van der Waals surface area contributed by atoms with Crippen molar-refractivity contribution >= 4 is 28.5 Å². The molecule has 3 aromatic heterocycles. The lowest BCUT2D eigenvalue weighted by Crippen LogP contribution is -2.29. The molecule has 0 saturated heterocycles. The Bertz CT molecular complexity index is 1330. The SMILES string of the molecule is O=C1c2cnc3n[nH]c(-c4ccncc4)c3c2C(=O)N1c1ccc(OC(F)(F)F)cc1. The minimum Gasteiger partial charge on any atom is -0.406 e. The van der Waals surface area contributed by atoms with Crippen LogP contribution in [0, 0.1) is 0 Å². The molecule has 1 aromatic carbocycles. The summed E-state index contributed by atoms with van der Waals surface area (Å²) in [6, 6.07) is 7.88. The van der Waals surface area contributed by atoms with Crippen molar-refractivity contribution < 1.29 is 27.5 Å². The summed E-state index contributed by atoms with van der Waals surface area (Å²) in [7, 11) is 0. The molecule has 1 N–H and O–H groups in total. The summed E-state index contributed by atoms with van der Waals surface area (Å²) >= 11 is 0. The van der Waals surface area contributed by atoms with E-state index in [-0.39, 0.29) is 22.5 Å². The Kier molecular flexibility index (Phi) is 4.00. The lowest BCUT2D eigenvalue weighted by molar-refractivity contribution is -0.274. The van der Waals surface area contributed by atoms with Gasteiger partial charge in [0, 0.05) is 24.2 Å². The van der Waals surface area contributed by atoms with Crippen molar-refractivity contribution in [1.82, 2.24) is 20.2 Å². The van der Waals surface area contributed by atoms with Crippen molar-refractivity contribution in [3.8, 4) is 17.0 Å². The van der Waals surface area contributed by atoms with Gasteiger partial charge in [0.2, 0.25) is 0 Å². The number of amides is 2. The Morgan fingerprint density at radius 1 is 0.968 bits per heavy atom. The van der Waals surface area contributed by atoms with E-state index in [4.69, 9.17) is 0 Å². The molecule has 1 aliphatic heterocycles. The number of hydrogen-bond acceptors (Lipinski definition) is 6. The van der Waals surface area contributed by atoms with E-state index in [1.165, 1.54) is 18.3 Å². The van der Waals surface area contributed by atoms with Gasteiger partial charge in [0.1, 0.15) is 5.75 Å². The zero-order valence-corrected chi connectivity index (χ0v) is 15.3. The monoisotopic (exact) mass is 425 g/mol. The van der Waals surface area contributed by atoms with Gasteiger partial charge in [0.25, 0.3) is 11.8 Å². The van der Waals surface area contributed by atoms with Crippen LogP contribution in [0.3, 0.4) is 0 Å². The summed E-state index contributed by atoms with van der Waals surface area (Å²) in [5.41, 5.74) is 1.74. The number of rotatable bonds is 3. The van der Waals surface area contributed by atoms with Gasteiger partial charge >= 0.3 is 6.36 Å². The first-order valence-electron chi connectivity index (χ1n) is 8.85. The fourth-order valence-corrected chi connectivity index (χ4v) is 3.46. The third-order valence-electron chi connectivity index (χ3n) is 4.73. The molecule has 154 valence electrons. The third kappa shape index (κ3) is 3.06. The smallest absolute Gasteiger partial charge is 0.406 e. The maximum Gasteiger partial charge on any atom is 0.573 e. The molecule has 0 bridgehead atoms. The van der Waals surface area contributed by atoms with E-state index in [1.807, 2.05) is 0 Å². The minimum absolute atomic E-state index is 0.0739. The molecule has 11 heteroatoms. The number of H-pyrrole nitrogens is 1. The van der Waals surface area contributed by atoms with Crippen LogP contribution in [0.5, 0.6) is 5.75 Å². The lowest BCUT2D eigenvalue weighted by atomic mass is 10.0. The highest BCUT2D eigenvalue weighted by Crippen LogP contribution is 2.36. The van der Waals surface area contributed by atoms with E-state index in [2.05, 4.69) is 24.9 Å². The molecule has 2 amide bonds. The minimum atomic E-state index is -4.85. The number of anilines is 1. The Balaban J connectivity index is 1.59. The average Bonchev–Trinajstić information content (AvgIpc) is 3.27. The zero-order valence-electron chi connectivity index (χ0n) is 15.3. The van der Waals surface area contributed by atoms with Crippen molar-refractivity contribution in [2.75, 3.05) is 4.90 Å². The van der Waals surface area contributed by atoms with Gasteiger partial charge in [-0.3, -0.25) is 19.7 Å². The molecular formula is C20H10F3N5O3. The summed E-state index contributed by atoms with van der Waals surface area (Å²) in [4.78, 5) is 35.2. The molecule has 4 aromatic rings. The molecule has 1 aliphatic rings. The van der Waals surface area contributed by atoms with Gasteiger partial charge < -0.3 is 4.74 Å². The van der Waals surface area contributed by atoms with Crippen molar-refractivity contribution in [3.63, 3.8) is 0 Å². The highest BCUT2D eigenvalue weighted by molar-refractivity contribution is 6.38. The van der Waals surface area contributed by atoms with E-state index in [9.17, 15) is 22.8 Å². The van der Waals surface area contributed by atoms with Gasteiger partial charge in [-0.1, -0.05) is 0 Å². The molecule has 5 rings (SSSR count). The number of aromatic nitrogens is 4. The number of nitrogens with zero attached hydrogens (tertiary/aromatic N) is 4. The number of alkyl halides is 3. The fourth-order valence-electron chi connectivity index (χ4n) is 3.46. The van der Waals surface area contributed by atoms with Gasteiger partial charge in [0.15, 0.2) is 5.65 Å². The first kappa shape index (κ1) is 18.7. The van der Waals surface area contributed by atoms with E-state index >= 15 is 0 Å². The second-order valence-corrected chi connectivity index (χ2v) is 6.57. The Hall–Kier alpha value is -4.28. The van der Waals surface area contributed by atoms with Gasteiger partial charge in [-0.25, -0.2) is 9.88 Å². The number of pyridine rings is 2. The number of fused-ring (bicyclic) bond motifs is 3. The number of carbonyl (C=O) groups is 2. The van der Waals surface area contributed by atoms with Gasteiger partial charge in [-0.15, -0.1) is 13.2 Å². The summed E-state index contributed by atoms with van der Waals surface area (Å²) in [5.74, 6) is -1.74. The second kappa shape index (κ2) is 6.62. The maximum absolute atomic E-state index is 13.2. The molecule has 0 unspecified atom stereocenters. The third-order valence-corrected chi connectivity index (χ3v) is 4.73. The fraction of sp³-hybridized carbons (Fsp3) is 0.0500. The van der Waals surface area contributed by atoms with Gasteiger partial charge in [0.05, 0.1) is 27.9 Å². The van der Waals surface area contributed by atoms with Crippen LogP contribution in [0.15, 0.2) is 55.0 Å². The molecule has 0 fully saturated rings.